The van der Waals surface area contributed by atoms with Gasteiger partial charge < -0.3 is 15.7 Å². The number of nitrogens with zero attached hydrogens (tertiary/aromatic N) is 2. The molecular weight excluding hydrogens is 332 g/mol. The van der Waals surface area contributed by atoms with Crippen LogP contribution in [0.4, 0.5) is 8.78 Å². The fraction of sp³-hybridized carbons (Fsp3) is 0.706. The summed E-state index contributed by atoms with van der Waals surface area (Å²) < 4.78 is 25.7. The molecule has 0 atom stereocenters. The van der Waals surface area contributed by atoms with Crippen LogP contribution in [0.15, 0.2) is 16.3 Å². The van der Waals surface area contributed by atoms with Crippen LogP contribution in [0.2, 0.25) is 0 Å². The molecule has 0 radical (unpaired) electrons. The summed E-state index contributed by atoms with van der Waals surface area (Å²) in [6.45, 7) is 1.58. The SMILES string of the molecule is CC(=O)CN=C1CCCC/C1=C(/N)C(=O)N1CCC(O)(C(F)F)CC1. The van der Waals surface area contributed by atoms with Crippen molar-refractivity contribution in [1.29, 1.82) is 0 Å². The van der Waals surface area contributed by atoms with Gasteiger partial charge in [-0.05, 0) is 45.4 Å². The van der Waals surface area contributed by atoms with Gasteiger partial charge in [-0.15, -0.1) is 0 Å². The van der Waals surface area contributed by atoms with Gasteiger partial charge in [-0.2, -0.15) is 0 Å². The van der Waals surface area contributed by atoms with Gasteiger partial charge in [-0.1, -0.05) is 0 Å². The molecule has 2 fully saturated rings. The molecule has 140 valence electrons. The Labute approximate surface area is 145 Å². The lowest BCUT2D eigenvalue weighted by atomic mass is 9.89. The lowest BCUT2D eigenvalue weighted by molar-refractivity contribution is -0.144. The molecule has 2 rings (SSSR count). The minimum Gasteiger partial charge on any atom is -0.394 e. The number of carbonyl (C=O) groups excluding carboxylic acids is 2. The lowest BCUT2D eigenvalue weighted by Crippen LogP contribution is -2.51. The van der Waals surface area contributed by atoms with Gasteiger partial charge in [0.25, 0.3) is 12.3 Å². The Kier molecular flexibility index (Phi) is 6.26. The summed E-state index contributed by atoms with van der Waals surface area (Å²) in [6.07, 6.45) is -0.0936. The summed E-state index contributed by atoms with van der Waals surface area (Å²) in [4.78, 5) is 29.4. The number of hydrogen-bond donors (Lipinski definition) is 2. The number of halogens is 2. The van der Waals surface area contributed by atoms with Crippen LogP contribution < -0.4 is 5.73 Å². The number of allylic oxidation sites excluding steroid dienone is 1. The number of carbonyl (C=O) groups is 2. The van der Waals surface area contributed by atoms with Gasteiger partial charge >= 0.3 is 0 Å². The van der Waals surface area contributed by atoms with E-state index < -0.39 is 17.9 Å². The summed E-state index contributed by atoms with van der Waals surface area (Å²) in [5.41, 5.74) is 5.45. The van der Waals surface area contributed by atoms with Crippen LogP contribution in [0.25, 0.3) is 0 Å². The Balaban J connectivity index is 2.13. The van der Waals surface area contributed by atoms with Crippen molar-refractivity contribution < 1.29 is 23.5 Å². The second kappa shape index (κ2) is 8.03. The van der Waals surface area contributed by atoms with E-state index in [2.05, 4.69) is 4.99 Å². The first kappa shape index (κ1) is 19.5. The third-order valence-corrected chi connectivity index (χ3v) is 4.81. The first-order chi connectivity index (χ1) is 11.7. The van der Waals surface area contributed by atoms with Crippen molar-refractivity contribution in [2.45, 2.75) is 57.5 Å². The number of aliphatic imine (C=N–C) groups is 1. The fourth-order valence-electron chi connectivity index (χ4n) is 3.18. The number of piperidine rings is 1. The standard InChI is InChI=1S/C17H25F2N3O3/c1-11(23)10-21-13-5-3-2-4-12(13)14(20)15(24)22-8-6-17(25,7-9-22)16(18)19/h16,25H,2-10,20H2,1H3/b14-12-,21-13?. The number of nitrogens with two attached hydrogens (primary N) is 1. The highest BCUT2D eigenvalue weighted by molar-refractivity contribution is 6.08. The smallest absolute Gasteiger partial charge is 0.270 e. The quantitative estimate of drug-likeness (QED) is 0.744. The lowest BCUT2D eigenvalue weighted by Gasteiger charge is -2.37. The van der Waals surface area contributed by atoms with Crippen LogP contribution in [0.5, 0.6) is 0 Å². The van der Waals surface area contributed by atoms with Gasteiger partial charge in [0.05, 0.1) is 6.54 Å². The van der Waals surface area contributed by atoms with Gasteiger partial charge in [0, 0.05) is 24.4 Å². The van der Waals surface area contributed by atoms with E-state index in [1.54, 1.807) is 0 Å². The highest BCUT2D eigenvalue weighted by Crippen LogP contribution is 2.30. The molecule has 1 saturated carbocycles. The number of rotatable bonds is 4. The number of alkyl halides is 2. The van der Waals surface area contributed by atoms with Crippen molar-refractivity contribution >= 4 is 17.4 Å². The molecule has 0 aromatic rings. The van der Waals surface area contributed by atoms with Crippen LogP contribution in [0, 0.1) is 0 Å². The number of ketones is 1. The number of hydrogen-bond acceptors (Lipinski definition) is 5. The fourth-order valence-corrected chi connectivity index (χ4v) is 3.18. The van der Waals surface area contributed by atoms with Crippen LogP contribution in [-0.4, -0.2) is 59.1 Å². The zero-order valence-corrected chi connectivity index (χ0v) is 14.4. The van der Waals surface area contributed by atoms with Crippen molar-refractivity contribution in [3.63, 3.8) is 0 Å². The molecule has 1 heterocycles. The second-order valence-corrected chi connectivity index (χ2v) is 6.76. The molecule has 0 aromatic carbocycles. The number of amides is 1. The molecule has 25 heavy (non-hydrogen) atoms. The summed E-state index contributed by atoms with van der Waals surface area (Å²) in [7, 11) is 0. The van der Waals surface area contributed by atoms with Gasteiger partial charge in [-0.25, -0.2) is 8.78 Å². The molecular formula is C17H25F2N3O3. The topological polar surface area (TPSA) is 96.0 Å². The summed E-state index contributed by atoms with van der Waals surface area (Å²) in [5.74, 6) is -0.478. The van der Waals surface area contributed by atoms with E-state index >= 15 is 0 Å². The predicted octanol–water partition coefficient (Wildman–Crippen LogP) is 1.42. The normalized spacial score (nSPS) is 24.5. The Bertz CT molecular complexity index is 594. The van der Waals surface area contributed by atoms with Crippen LogP contribution in [-0.2, 0) is 9.59 Å². The Morgan fingerprint density at radius 1 is 1.28 bits per heavy atom. The van der Waals surface area contributed by atoms with E-state index in [-0.39, 0.29) is 44.0 Å². The molecule has 1 amide bonds. The van der Waals surface area contributed by atoms with Crippen molar-refractivity contribution in [3.05, 3.63) is 11.3 Å². The molecule has 1 aliphatic carbocycles. The first-order valence-corrected chi connectivity index (χ1v) is 8.56. The molecule has 3 N–H and O–H groups in total. The van der Waals surface area contributed by atoms with E-state index in [4.69, 9.17) is 5.73 Å². The average Bonchev–Trinajstić information content (AvgIpc) is 2.59. The third kappa shape index (κ3) is 4.62. The summed E-state index contributed by atoms with van der Waals surface area (Å²) in [6, 6.07) is 0. The highest BCUT2D eigenvalue weighted by atomic mass is 19.3. The minimum atomic E-state index is -2.83. The number of likely N-dealkylation sites (tertiary alicyclic amines) is 1. The number of Topliss-reactive ketones (excluding diaryl/α,β-unsaturated/α-hetero) is 1. The molecule has 0 spiro atoms. The largest absolute Gasteiger partial charge is 0.394 e. The highest BCUT2D eigenvalue weighted by Gasteiger charge is 2.42. The van der Waals surface area contributed by atoms with Crippen LogP contribution >= 0.6 is 0 Å². The van der Waals surface area contributed by atoms with E-state index in [0.29, 0.717) is 24.1 Å². The zero-order chi connectivity index (χ0) is 18.6. The Morgan fingerprint density at radius 2 is 1.88 bits per heavy atom. The second-order valence-electron chi connectivity index (χ2n) is 6.76. The molecule has 8 heteroatoms. The predicted molar refractivity (Wildman–Crippen MR) is 89.4 cm³/mol. The maximum absolute atomic E-state index is 12.9. The van der Waals surface area contributed by atoms with Crippen molar-refractivity contribution in [2.75, 3.05) is 19.6 Å². The van der Waals surface area contributed by atoms with Crippen molar-refractivity contribution in [3.8, 4) is 0 Å². The maximum atomic E-state index is 12.9. The van der Waals surface area contributed by atoms with Crippen LogP contribution in [0.3, 0.4) is 0 Å². The third-order valence-electron chi connectivity index (χ3n) is 4.81. The first-order valence-electron chi connectivity index (χ1n) is 8.56. The molecule has 6 nitrogen and oxygen atoms in total. The Morgan fingerprint density at radius 3 is 2.44 bits per heavy atom. The Hall–Kier alpha value is -1.83. The number of aliphatic hydroxyl groups is 1. The molecule has 2 aliphatic rings. The maximum Gasteiger partial charge on any atom is 0.270 e. The monoisotopic (exact) mass is 357 g/mol. The van der Waals surface area contributed by atoms with Gasteiger partial charge in [0.1, 0.15) is 11.3 Å². The van der Waals surface area contributed by atoms with Crippen molar-refractivity contribution in [1.82, 2.24) is 4.90 Å². The molecule has 0 unspecified atom stereocenters. The van der Waals surface area contributed by atoms with Gasteiger partial charge in [0.15, 0.2) is 5.78 Å². The van der Waals surface area contributed by atoms with E-state index in [1.165, 1.54) is 11.8 Å². The average molecular weight is 357 g/mol. The molecule has 1 aliphatic heterocycles. The zero-order valence-electron chi connectivity index (χ0n) is 14.4. The summed E-state index contributed by atoms with van der Waals surface area (Å²) >= 11 is 0. The molecule has 0 aromatic heterocycles. The van der Waals surface area contributed by atoms with Gasteiger partial charge in [-0.3, -0.25) is 14.6 Å². The van der Waals surface area contributed by atoms with E-state index in [1.807, 2.05) is 0 Å². The minimum absolute atomic E-state index is 0.0353. The van der Waals surface area contributed by atoms with Gasteiger partial charge in [0.2, 0.25) is 0 Å². The summed E-state index contributed by atoms with van der Waals surface area (Å²) in [5, 5.41) is 9.82. The van der Waals surface area contributed by atoms with Crippen LogP contribution in [0.1, 0.15) is 45.4 Å². The van der Waals surface area contributed by atoms with E-state index in [9.17, 15) is 23.5 Å². The molecule has 0 bridgehead atoms. The van der Waals surface area contributed by atoms with E-state index in [0.717, 1.165) is 12.8 Å². The molecule has 1 saturated heterocycles. The van der Waals surface area contributed by atoms with Crippen molar-refractivity contribution in [2.24, 2.45) is 10.7 Å².